The van der Waals surface area contributed by atoms with Crippen LogP contribution in [0.3, 0.4) is 0 Å². The fourth-order valence-electron chi connectivity index (χ4n) is 4.87. The molecule has 1 N–H and O–H groups in total. The molecule has 5 nitrogen and oxygen atoms in total. The van der Waals surface area contributed by atoms with Crippen molar-refractivity contribution in [2.45, 2.75) is 51.1 Å². The molecule has 7 heteroatoms. The Kier molecular flexibility index (Phi) is 7.86. The first-order chi connectivity index (χ1) is 15.2. The van der Waals surface area contributed by atoms with Crippen LogP contribution in [0.2, 0.25) is 10.0 Å². The van der Waals surface area contributed by atoms with E-state index in [-0.39, 0.29) is 30.3 Å². The van der Waals surface area contributed by atoms with E-state index in [0.717, 1.165) is 11.1 Å². The molecule has 1 aliphatic rings. The van der Waals surface area contributed by atoms with Crippen molar-refractivity contribution < 1.29 is 19.4 Å². The minimum absolute atomic E-state index is 0.150. The lowest BCUT2D eigenvalue weighted by Gasteiger charge is -2.51. The maximum absolute atomic E-state index is 13.9. The molecule has 1 heterocycles. The third-order valence-corrected chi connectivity index (χ3v) is 6.84. The van der Waals surface area contributed by atoms with E-state index in [4.69, 9.17) is 27.9 Å². The van der Waals surface area contributed by atoms with Crippen molar-refractivity contribution in [2.24, 2.45) is 5.41 Å². The summed E-state index contributed by atoms with van der Waals surface area (Å²) in [4.78, 5) is 27.5. The molecule has 0 saturated carbocycles. The number of carboxylic acids is 1. The van der Waals surface area contributed by atoms with Crippen LogP contribution in [0.5, 0.6) is 0 Å². The molecular formula is C25H29Cl2NO4. The van der Waals surface area contributed by atoms with Crippen molar-refractivity contribution in [3.8, 4) is 0 Å². The number of hydrogen-bond donors (Lipinski definition) is 1. The van der Waals surface area contributed by atoms with Crippen LogP contribution in [0, 0.1) is 5.41 Å². The van der Waals surface area contributed by atoms with Crippen molar-refractivity contribution >= 4 is 35.1 Å². The van der Waals surface area contributed by atoms with Crippen LogP contribution in [0.15, 0.2) is 48.5 Å². The van der Waals surface area contributed by atoms with Crippen molar-refractivity contribution in [2.75, 3.05) is 13.7 Å². The van der Waals surface area contributed by atoms with Gasteiger partial charge in [-0.2, -0.15) is 0 Å². The van der Waals surface area contributed by atoms with Gasteiger partial charge in [0.05, 0.1) is 30.5 Å². The number of nitrogens with zero attached hydrogens (tertiary/aromatic N) is 1. The molecule has 2 aromatic rings. The molecule has 0 spiro atoms. The second-order valence-corrected chi connectivity index (χ2v) is 9.60. The van der Waals surface area contributed by atoms with Crippen LogP contribution < -0.4 is 0 Å². The summed E-state index contributed by atoms with van der Waals surface area (Å²) in [5, 5.41) is 10.8. The lowest BCUT2D eigenvalue weighted by atomic mass is 9.67. The van der Waals surface area contributed by atoms with Crippen LogP contribution in [0.1, 0.15) is 56.2 Å². The minimum atomic E-state index is -1.05. The van der Waals surface area contributed by atoms with Gasteiger partial charge in [0.2, 0.25) is 5.91 Å². The minimum Gasteiger partial charge on any atom is -0.481 e. The van der Waals surface area contributed by atoms with E-state index in [1.165, 1.54) is 0 Å². The highest BCUT2D eigenvalue weighted by Crippen LogP contribution is 2.52. The molecule has 3 rings (SSSR count). The second-order valence-electron chi connectivity index (χ2n) is 8.72. The van der Waals surface area contributed by atoms with Crippen LogP contribution in [-0.2, 0) is 14.3 Å². The largest absolute Gasteiger partial charge is 0.481 e. The Labute approximate surface area is 199 Å². The number of rotatable bonds is 8. The fraction of sp³-hybridized carbons (Fsp3) is 0.440. The van der Waals surface area contributed by atoms with Crippen LogP contribution in [0.25, 0.3) is 0 Å². The third-order valence-electron chi connectivity index (χ3n) is 6.36. The van der Waals surface area contributed by atoms with E-state index in [1.54, 1.807) is 14.0 Å². The number of hydrogen-bond acceptors (Lipinski definition) is 3. The summed E-state index contributed by atoms with van der Waals surface area (Å²) >= 11 is 12.5. The molecule has 1 amide bonds. The van der Waals surface area contributed by atoms with Crippen molar-refractivity contribution in [1.82, 2.24) is 4.90 Å². The van der Waals surface area contributed by atoms with E-state index in [1.807, 2.05) is 60.4 Å². The topological polar surface area (TPSA) is 66.8 Å². The van der Waals surface area contributed by atoms with E-state index in [0.29, 0.717) is 29.5 Å². The van der Waals surface area contributed by atoms with Gasteiger partial charge in [-0.15, -0.1) is 0 Å². The SMILES string of the molecule is CCC(COC)N1C(=O)[C@@](C)(CC(=O)O)CC(c2cccc(Cl)c2)C1c1ccc(Cl)cc1. The molecule has 172 valence electrons. The normalized spacial score (nSPS) is 24.4. The summed E-state index contributed by atoms with van der Waals surface area (Å²) in [5.41, 5.74) is 0.863. The zero-order valence-electron chi connectivity index (χ0n) is 18.6. The van der Waals surface area contributed by atoms with Crippen LogP contribution in [0.4, 0.5) is 0 Å². The third kappa shape index (κ3) is 5.11. The Bertz CT molecular complexity index is 965. The molecule has 1 saturated heterocycles. The summed E-state index contributed by atoms with van der Waals surface area (Å²) in [6.07, 6.45) is 0.830. The van der Waals surface area contributed by atoms with Gasteiger partial charge in [0.25, 0.3) is 0 Å². The predicted molar refractivity (Wildman–Crippen MR) is 126 cm³/mol. The fourth-order valence-corrected chi connectivity index (χ4v) is 5.19. The molecule has 0 radical (unpaired) electrons. The van der Waals surface area contributed by atoms with Crippen LogP contribution in [-0.4, -0.2) is 41.6 Å². The second kappa shape index (κ2) is 10.2. The molecular weight excluding hydrogens is 449 g/mol. The average Bonchev–Trinajstić information content (AvgIpc) is 2.74. The highest BCUT2D eigenvalue weighted by molar-refractivity contribution is 6.30. The van der Waals surface area contributed by atoms with Gasteiger partial charge in [-0.05, 0) is 48.2 Å². The number of amides is 1. The van der Waals surface area contributed by atoms with Crippen molar-refractivity contribution in [1.29, 1.82) is 0 Å². The summed E-state index contributed by atoms with van der Waals surface area (Å²) in [6.45, 7) is 4.12. The zero-order chi connectivity index (χ0) is 23.5. The lowest BCUT2D eigenvalue weighted by Crippen LogP contribution is -2.57. The number of halogens is 2. The molecule has 2 aromatic carbocycles. The zero-order valence-corrected chi connectivity index (χ0v) is 20.1. The Morgan fingerprint density at radius 3 is 2.44 bits per heavy atom. The molecule has 1 aliphatic heterocycles. The summed E-state index contributed by atoms with van der Waals surface area (Å²) in [7, 11) is 1.61. The number of benzene rings is 2. The number of carboxylic acid groups (broad SMARTS) is 1. The Morgan fingerprint density at radius 1 is 1.19 bits per heavy atom. The van der Waals surface area contributed by atoms with Crippen molar-refractivity contribution in [3.05, 3.63) is 69.7 Å². The monoisotopic (exact) mass is 477 g/mol. The number of carbonyl (C=O) groups is 2. The quantitative estimate of drug-likeness (QED) is 0.509. The van der Waals surface area contributed by atoms with Crippen molar-refractivity contribution in [3.63, 3.8) is 0 Å². The summed E-state index contributed by atoms with van der Waals surface area (Å²) in [5.74, 6) is -1.31. The van der Waals surface area contributed by atoms with Crippen LogP contribution >= 0.6 is 23.2 Å². The standard InChI is InChI=1S/C25H29Cl2NO4/c1-4-20(15-32-3)28-23(16-8-10-18(26)11-9-16)21(17-6-5-7-19(27)12-17)13-25(2,24(28)31)14-22(29)30/h5-12,20-21,23H,4,13-15H2,1-3H3,(H,29,30)/t20?,21?,23?,25-/m1/s1. The summed E-state index contributed by atoms with van der Waals surface area (Å²) in [6, 6.07) is 14.6. The molecule has 0 aliphatic carbocycles. The maximum atomic E-state index is 13.9. The Balaban J connectivity index is 2.22. The van der Waals surface area contributed by atoms with Gasteiger partial charge in [0.1, 0.15) is 0 Å². The van der Waals surface area contributed by atoms with Gasteiger partial charge < -0.3 is 14.7 Å². The van der Waals surface area contributed by atoms with Gasteiger partial charge in [0.15, 0.2) is 0 Å². The predicted octanol–water partition coefficient (Wildman–Crippen LogP) is 5.96. The highest BCUT2D eigenvalue weighted by Gasteiger charge is 2.52. The van der Waals surface area contributed by atoms with E-state index < -0.39 is 11.4 Å². The Hall–Kier alpha value is -2.08. The number of carbonyl (C=O) groups excluding carboxylic acids is 1. The van der Waals surface area contributed by atoms with E-state index in [2.05, 4.69) is 0 Å². The molecule has 32 heavy (non-hydrogen) atoms. The first-order valence-electron chi connectivity index (χ1n) is 10.7. The molecule has 0 aromatic heterocycles. The van der Waals surface area contributed by atoms with Gasteiger partial charge in [-0.3, -0.25) is 9.59 Å². The molecule has 4 atom stereocenters. The van der Waals surface area contributed by atoms with E-state index in [9.17, 15) is 14.7 Å². The number of aliphatic carboxylic acids is 1. The number of likely N-dealkylation sites (tertiary alicyclic amines) is 1. The first-order valence-corrected chi connectivity index (χ1v) is 11.5. The number of piperidine rings is 1. The average molecular weight is 478 g/mol. The smallest absolute Gasteiger partial charge is 0.304 e. The maximum Gasteiger partial charge on any atom is 0.304 e. The highest BCUT2D eigenvalue weighted by atomic mass is 35.5. The molecule has 3 unspecified atom stereocenters. The number of ether oxygens (including phenoxy) is 1. The van der Waals surface area contributed by atoms with E-state index >= 15 is 0 Å². The van der Waals surface area contributed by atoms with Gasteiger partial charge >= 0.3 is 5.97 Å². The number of methoxy groups -OCH3 is 1. The van der Waals surface area contributed by atoms with Gasteiger partial charge in [-0.1, -0.05) is 61.3 Å². The Morgan fingerprint density at radius 2 is 1.88 bits per heavy atom. The molecule has 1 fully saturated rings. The summed E-state index contributed by atoms with van der Waals surface area (Å²) < 4.78 is 5.46. The van der Waals surface area contributed by atoms with Gasteiger partial charge in [-0.25, -0.2) is 0 Å². The molecule has 0 bridgehead atoms. The first kappa shape index (κ1) is 24.6. The lowest BCUT2D eigenvalue weighted by molar-refractivity contribution is -0.162. The van der Waals surface area contributed by atoms with Gasteiger partial charge in [0, 0.05) is 23.1 Å².